The van der Waals surface area contributed by atoms with E-state index in [1.54, 1.807) is 0 Å². The third kappa shape index (κ3) is 4.92. The van der Waals surface area contributed by atoms with Crippen LogP contribution in [-0.4, -0.2) is 8.07 Å². The molecule has 2 heteroatoms. The Balaban J connectivity index is 1.35. The fraction of sp³-hybridized carbons (Fsp3) is 0. The predicted octanol–water partition coefficient (Wildman–Crippen LogP) is 9.99. The minimum Gasteiger partial charge on any atom is -0.310 e. The van der Waals surface area contributed by atoms with E-state index in [0.717, 1.165) is 17.1 Å². The zero-order valence-corrected chi connectivity index (χ0v) is 28.7. The highest BCUT2D eigenvalue weighted by atomic mass is 28.3. The van der Waals surface area contributed by atoms with Crippen molar-refractivity contribution in [3.8, 4) is 0 Å². The van der Waals surface area contributed by atoms with E-state index < -0.39 is 8.07 Å². The molecule has 1 nitrogen and oxygen atoms in total. The summed E-state index contributed by atoms with van der Waals surface area (Å²) in [6.07, 6.45) is 0. The molecule has 0 fully saturated rings. The summed E-state index contributed by atoms with van der Waals surface area (Å²) in [6, 6.07) is 78.2. The summed E-state index contributed by atoms with van der Waals surface area (Å²) in [6.45, 7) is 0. The van der Waals surface area contributed by atoms with Crippen LogP contribution in [0.5, 0.6) is 0 Å². The van der Waals surface area contributed by atoms with Gasteiger partial charge < -0.3 is 4.90 Å². The molecule has 0 amide bonds. The molecule has 0 heterocycles. The third-order valence-corrected chi connectivity index (χ3v) is 14.9. The Morgan fingerprint density at radius 3 is 1.44 bits per heavy atom. The quantitative estimate of drug-likeness (QED) is 0.0940. The molecule has 0 aliphatic carbocycles. The van der Waals surface area contributed by atoms with E-state index in [0.29, 0.717) is 0 Å². The summed E-state index contributed by atoms with van der Waals surface area (Å²) < 4.78 is 0. The van der Waals surface area contributed by atoms with E-state index >= 15 is 0 Å². The maximum Gasteiger partial charge on any atom is 0.179 e. The Bertz CT molecular complexity index is 2490. The second-order valence-corrected chi connectivity index (χ2v) is 16.7. The molecule has 0 spiro atoms. The lowest BCUT2D eigenvalue weighted by Gasteiger charge is -2.35. The van der Waals surface area contributed by atoms with Gasteiger partial charge in [-0.1, -0.05) is 182 Å². The number of hydrogen-bond donors (Lipinski definition) is 0. The Morgan fingerprint density at radius 1 is 0.300 bits per heavy atom. The summed E-state index contributed by atoms with van der Waals surface area (Å²) >= 11 is 0. The van der Waals surface area contributed by atoms with Gasteiger partial charge >= 0.3 is 0 Å². The highest BCUT2D eigenvalue weighted by Gasteiger charge is 2.41. The molecule has 9 aromatic carbocycles. The van der Waals surface area contributed by atoms with E-state index in [2.05, 4.69) is 217 Å². The molecule has 9 rings (SSSR count). The average Bonchev–Trinajstić information content (AvgIpc) is 3.20. The van der Waals surface area contributed by atoms with Gasteiger partial charge in [-0.25, -0.2) is 0 Å². The molecule has 0 bridgehead atoms. The van der Waals surface area contributed by atoms with Gasteiger partial charge in [0.25, 0.3) is 0 Å². The Hall–Kier alpha value is -6.22. The molecule has 0 saturated heterocycles. The van der Waals surface area contributed by atoms with E-state index in [1.807, 2.05) is 0 Å². The van der Waals surface area contributed by atoms with Gasteiger partial charge in [0.1, 0.15) is 0 Å². The molecule has 0 N–H and O–H groups in total. The van der Waals surface area contributed by atoms with Crippen LogP contribution in [0.3, 0.4) is 0 Å². The molecule has 9 aromatic rings. The van der Waals surface area contributed by atoms with Gasteiger partial charge in [0, 0.05) is 16.8 Å². The summed E-state index contributed by atoms with van der Waals surface area (Å²) in [5.41, 5.74) is 3.43. The number of hydrogen-bond acceptors (Lipinski definition) is 1. The molecule has 236 valence electrons. The average molecular weight is 654 g/mol. The monoisotopic (exact) mass is 653 g/mol. The van der Waals surface area contributed by atoms with E-state index in [4.69, 9.17) is 0 Å². The highest BCUT2D eigenvalue weighted by Crippen LogP contribution is 2.42. The lowest BCUT2D eigenvalue weighted by atomic mass is 9.95. The molecule has 0 unspecified atom stereocenters. The van der Waals surface area contributed by atoms with Crippen molar-refractivity contribution in [2.45, 2.75) is 0 Å². The molecular weight excluding hydrogens is 619 g/mol. The number of anilines is 3. The SMILES string of the molecule is c1ccc(N(c2cccc([Si](c3ccccc3)(c3ccccc3)c3ccccc3)c2)c2cccc3ccc4c5ccccc5ccc4c23)cc1. The molecule has 0 radical (unpaired) electrons. The van der Waals surface area contributed by atoms with Gasteiger partial charge in [-0.15, -0.1) is 0 Å². The van der Waals surface area contributed by atoms with Crippen LogP contribution in [0.25, 0.3) is 32.3 Å². The number of fused-ring (bicyclic) bond motifs is 5. The minimum atomic E-state index is -2.73. The normalized spacial score (nSPS) is 11.6. The fourth-order valence-electron chi connectivity index (χ4n) is 7.99. The Kier molecular flexibility index (Phi) is 7.57. The van der Waals surface area contributed by atoms with Crippen molar-refractivity contribution in [3.63, 3.8) is 0 Å². The van der Waals surface area contributed by atoms with Crippen molar-refractivity contribution in [1.29, 1.82) is 0 Å². The van der Waals surface area contributed by atoms with Crippen LogP contribution < -0.4 is 25.6 Å². The highest BCUT2D eigenvalue weighted by molar-refractivity contribution is 7.19. The topological polar surface area (TPSA) is 3.24 Å². The maximum atomic E-state index is 2.46. The van der Waals surface area contributed by atoms with Crippen LogP contribution in [0.1, 0.15) is 0 Å². The first kappa shape index (κ1) is 29.9. The summed E-state index contributed by atoms with van der Waals surface area (Å²) in [4.78, 5) is 2.46. The van der Waals surface area contributed by atoms with E-state index in [9.17, 15) is 0 Å². The van der Waals surface area contributed by atoms with Gasteiger partial charge in [-0.05, 0) is 78.0 Å². The number of benzene rings is 9. The van der Waals surface area contributed by atoms with Crippen LogP contribution in [0.15, 0.2) is 212 Å². The second-order valence-electron chi connectivity index (χ2n) is 12.9. The minimum absolute atomic E-state index is 1.13. The van der Waals surface area contributed by atoms with Crippen LogP contribution in [0, 0.1) is 0 Å². The number of rotatable bonds is 7. The van der Waals surface area contributed by atoms with Crippen molar-refractivity contribution >= 4 is 78.2 Å². The van der Waals surface area contributed by atoms with Crippen LogP contribution in [0.4, 0.5) is 17.1 Å². The largest absolute Gasteiger partial charge is 0.310 e. The molecular formula is C48H35NSi. The van der Waals surface area contributed by atoms with Gasteiger partial charge in [-0.2, -0.15) is 0 Å². The van der Waals surface area contributed by atoms with Crippen molar-refractivity contribution < 1.29 is 0 Å². The predicted molar refractivity (Wildman–Crippen MR) is 217 cm³/mol. The summed E-state index contributed by atoms with van der Waals surface area (Å²) in [5, 5.41) is 13.0. The zero-order chi connectivity index (χ0) is 33.3. The van der Waals surface area contributed by atoms with Crippen molar-refractivity contribution in [2.24, 2.45) is 0 Å². The molecule has 0 aliphatic heterocycles. The Morgan fingerprint density at radius 2 is 0.780 bits per heavy atom. The summed E-state index contributed by atoms with van der Waals surface area (Å²) in [7, 11) is -2.73. The summed E-state index contributed by atoms with van der Waals surface area (Å²) in [5.74, 6) is 0. The van der Waals surface area contributed by atoms with Crippen molar-refractivity contribution in [3.05, 3.63) is 212 Å². The lowest BCUT2D eigenvalue weighted by molar-refractivity contribution is 1.30. The zero-order valence-electron chi connectivity index (χ0n) is 27.7. The van der Waals surface area contributed by atoms with Crippen molar-refractivity contribution in [2.75, 3.05) is 4.90 Å². The van der Waals surface area contributed by atoms with Gasteiger partial charge in [0.05, 0.1) is 5.69 Å². The number of nitrogens with zero attached hydrogens (tertiary/aromatic N) is 1. The molecule has 50 heavy (non-hydrogen) atoms. The lowest BCUT2D eigenvalue weighted by Crippen LogP contribution is -2.74. The van der Waals surface area contributed by atoms with Gasteiger partial charge in [0.2, 0.25) is 0 Å². The smallest absolute Gasteiger partial charge is 0.179 e. The van der Waals surface area contributed by atoms with E-state index in [-0.39, 0.29) is 0 Å². The third-order valence-electron chi connectivity index (χ3n) is 10.2. The fourth-order valence-corrected chi connectivity index (χ4v) is 12.8. The van der Waals surface area contributed by atoms with Gasteiger partial charge in [0.15, 0.2) is 8.07 Å². The van der Waals surface area contributed by atoms with Crippen molar-refractivity contribution in [1.82, 2.24) is 0 Å². The molecule has 0 atom stereocenters. The first-order valence-corrected chi connectivity index (χ1v) is 19.3. The molecule has 0 aliphatic rings. The molecule has 0 aromatic heterocycles. The van der Waals surface area contributed by atoms with Crippen LogP contribution in [-0.2, 0) is 0 Å². The van der Waals surface area contributed by atoms with E-state index in [1.165, 1.54) is 53.1 Å². The second kappa shape index (κ2) is 12.7. The number of para-hydroxylation sites is 1. The van der Waals surface area contributed by atoms with Crippen LogP contribution in [0.2, 0.25) is 0 Å². The first-order chi connectivity index (χ1) is 24.8. The van der Waals surface area contributed by atoms with Crippen LogP contribution >= 0.6 is 0 Å². The van der Waals surface area contributed by atoms with Gasteiger partial charge in [-0.3, -0.25) is 0 Å². The molecule has 0 saturated carbocycles. The maximum absolute atomic E-state index is 2.73. The first-order valence-electron chi connectivity index (χ1n) is 17.3. The Labute approximate surface area is 294 Å². The standard InChI is InChI=1S/C48H35NSi/c1-5-19-38(20-6-1)49(47-30-15-18-37-32-33-45-44-29-14-13-17-36(44)31-34-46(45)48(37)47)39-21-16-28-43(35-39)50(40-22-7-2-8-23-40,41-24-9-3-10-25-41)42-26-11-4-12-27-42/h1-35H.